The van der Waals surface area contributed by atoms with Crippen LogP contribution < -0.4 is 10.6 Å². The molecule has 0 radical (unpaired) electrons. The quantitative estimate of drug-likeness (QED) is 0.542. The maximum Gasteiger partial charge on any atom is 0.251 e. The third kappa shape index (κ3) is 3.94. The molecule has 0 saturated carbocycles. The number of hydrogen-bond donors (Lipinski definition) is 3. The van der Waals surface area contributed by atoms with E-state index >= 15 is 0 Å². The molecule has 0 saturated heterocycles. The predicted octanol–water partition coefficient (Wildman–Crippen LogP) is 4.60. The number of hydrogen-bond acceptors (Lipinski definition) is 3. The Labute approximate surface area is 149 Å². The molecule has 0 unspecified atom stereocenters. The van der Waals surface area contributed by atoms with E-state index in [1.165, 1.54) is 0 Å². The number of H-pyrrole nitrogens is 1. The average molecular weight is 387 g/mol. The highest BCUT2D eigenvalue weighted by atomic mass is 79.9. The molecule has 3 aromatic rings. The van der Waals surface area contributed by atoms with E-state index in [9.17, 15) is 4.79 Å². The van der Waals surface area contributed by atoms with Gasteiger partial charge in [0.25, 0.3) is 5.91 Å². The lowest BCUT2D eigenvalue weighted by atomic mass is 10.2. The second-order valence-electron chi connectivity index (χ2n) is 5.56. The highest BCUT2D eigenvalue weighted by Gasteiger charge is 2.07. The Balaban J connectivity index is 1.74. The van der Waals surface area contributed by atoms with E-state index in [0.29, 0.717) is 18.1 Å². The number of aromatic nitrogens is 2. The Bertz CT molecular complexity index is 859. The molecule has 1 heterocycles. The van der Waals surface area contributed by atoms with Gasteiger partial charge >= 0.3 is 0 Å². The Morgan fingerprint density at radius 3 is 2.96 bits per heavy atom. The standard InChI is InChI=1S/C18H19BrN4O/c1-2-3-9-20-17(24)12-5-4-6-14(10-12)21-18-22-15-8-7-13(19)11-16(15)23-18/h4-8,10-11H,2-3,9H2,1H3,(H,20,24)(H2,21,22,23). The van der Waals surface area contributed by atoms with Crippen LogP contribution in [0.3, 0.4) is 0 Å². The van der Waals surface area contributed by atoms with Crippen molar-refractivity contribution < 1.29 is 4.79 Å². The first-order chi connectivity index (χ1) is 11.7. The number of nitrogens with zero attached hydrogens (tertiary/aromatic N) is 1. The van der Waals surface area contributed by atoms with Crippen molar-refractivity contribution in [2.24, 2.45) is 0 Å². The summed E-state index contributed by atoms with van der Waals surface area (Å²) in [5.41, 5.74) is 3.28. The molecular formula is C18H19BrN4O. The fourth-order valence-corrected chi connectivity index (χ4v) is 2.76. The third-order valence-corrected chi connectivity index (χ3v) is 4.14. The molecule has 5 nitrogen and oxygen atoms in total. The molecule has 0 atom stereocenters. The molecule has 0 bridgehead atoms. The number of halogens is 1. The molecule has 124 valence electrons. The van der Waals surface area contributed by atoms with E-state index in [1.54, 1.807) is 0 Å². The number of rotatable bonds is 6. The zero-order chi connectivity index (χ0) is 16.9. The van der Waals surface area contributed by atoms with Crippen LogP contribution in [0.2, 0.25) is 0 Å². The Morgan fingerprint density at radius 2 is 2.12 bits per heavy atom. The van der Waals surface area contributed by atoms with Gasteiger partial charge in [-0.25, -0.2) is 4.98 Å². The van der Waals surface area contributed by atoms with Crippen LogP contribution in [0.1, 0.15) is 30.1 Å². The largest absolute Gasteiger partial charge is 0.352 e. The Kier molecular flexibility index (Phi) is 5.15. The number of benzene rings is 2. The molecule has 0 fully saturated rings. The first kappa shape index (κ1) is 16.5. The van der Waals surface area contributed by atoms with E-state index in [4.69, 9.17) is 0 Å². The Hall–Kier alpha value is -2.34. The molecular weight excluding hydrogens is 368 g/mol. The minimum atomic E-state index is -0.0550. The van der Waals surface area contributed by atoms with Gasteiger partial charge in [-0.15, -0.1) is 0 Å². The van der Waals surface area contributed by atoms with Gasteiger partial charge in [-0.2, -0.15) is 0 Å². The van der Waals surface area contributed by atoms with Crippen molar-refractivity contribution in [2.45, 2.75) is 19.8 Å². The maximum atomic E-state index is 12.1. The van der Waals surface area contributed by atoms with Crippen molar-refractivity contribution in [3.63, 3.8) is 0 Å². The summed E-state index contributed by atoms with van der Waals surface area (Å²) in [6, 6.07) is 13.3. The first-order valence-electron chi connectivity index (χ1n) is 7.96. The van der Waals surface area contributed by atoms with Gasteiger partial charge in [-0.1, -0.05) is 35.3 Å². The lowest BCUT2D eigenvalue weighted by molar-refractivity contribution is 0.0953. The average Bonchev–Trinajstić information content (AvgIpc) is 2.96. The van der Waals surface area contributed by atoms with E-state index < -0.39 is 0 Å². The summed E-state index contributed by atoms with van der Waals surface area (Å²) in [6.45, 7) is 2.80. The SMILES string of the molecule is CCCCNC(=O)c1cccc(Nc2nc3ccc(Br)cc3[nH]2)c1. The number of anilines is 2. The second kappa shape index (κ2) is 7.49. The third-order valence-electron chi connectivity index (χ3n) is 3.65. The molecule has 0 aliphatic carbocycles. The Morgan fingerprint density at radius 1 is 1.25 bits per heavy atom. The second-order valence-corrected chi connectivity index (χ2v) is 6.48. The van der Waals surface area contributed by atoms with Gasteiger partial charge in [0.1, 0.15) is 0 Å². The summed E-state index contributed by atoms with van der Waals surface area (Å²) >= 11 is 3.45. The van der Waals surface area contributed by atoms with Crippen molar-refractivity contribution in [1.29, 1.82) is 0 Å². The summed E-state index contributed by atoms with van der Waals surface area (Å²) in [5, 5.41) is 6.14. The highest BCUT2D eigenvalue weighted by molar-refractivity contribution is 9.10. The van der Waals surface area contributed by atoms with Crippen molar-refractivity contribution in [1.82, 2.24) is 15.3 Å². The minimum absolute atomic E-state index is 0.0550. The fraction of sp³-hybridized carbons (Fsp3) is 0.222. The first-order valence-corrected chi connectivity index (χ1v) is 8.75. The van der Waals surface area contributed by atoms with E-state index in [0.717, 1.165) is 34.0 Å². The predicted molar refractivity (Wildman–Crippen MR) is 101 cm³/mol. The monoisotopic (exact) mass is 386 g/mol. The number of carbonyl (C=O) groups excluding carboxylic acids is 1. The number of nitrogens with one attached hydrogen (secondary N) is 3. The number of unbranched alkanes of at least 4 members (excludes halogenated alkanes) is 1. The molecule has 1 amide bonds. The van der Waals surface area contributed by atoms with Crippen LogP contribution in [-0.2, 0) is 0 Å². The summed E-state index contributed by atoms with van der Waals surface area (Å²) in [6.07, 6.45) is 2.04. The molecule has 3 N–H and O–H groups in total. The van der Waals surface area contributed by atoms with Gasteiger partial charge in [0.2, 0.25) is 5.95 Å². The molecule has 0 aliphatic heterocycles. The number of aromatic amines is 1. The smallest absolute Gasteiger partial charge is 0.251 e. The summed E-state index contributed by atoms with van der Waals surface area (Å²) < 4.78 is 0.996. The summed E-state index contributed by atoms with van der Waals surface area (Å²) in [5.74, 6) is 0.590. The number of imidazole rings is 1. The molecule has 24 heavy (non-hydrogen) atoms. The van der Waals surface area contributed by atoms with Gasteiger partial charge in [0, 0.05) is 22.3 Å². The normalized spacial score (nSPS) is 10.8. The van der Waals surface area contributed by atoms with Crippen LogP contribution in [0.15, 0.2) is 46.9 Å². The molecule has 3 rings (SSSR count). The van der Waals surface area contributed by atoms with Crippen LogP contribution in [-0.4, -0.2) is 22.4 Å². The molecule has 0 aliphatic rings. The van der Waals surface area contributed by atoms with Crippen LogP contribution in [0.4, 0.5) is 11.6 Å². The highest BCUT2D eigenvalue weighted by Crippen LogP contribution is 2.22. The minimum Gasteiger partial charge on any atom is -0.352 e. The van der Waals surface area contributed by atoms with Gasteiger partial charge < -0.3 is 15.6 Å². The van der Waals surface area contributed by atoms with Gasteiger partial charge in [-0.3, -0.25) is 4.79 Å². The lowest BCUT2D eigenvalue weighted by Crippen LogP contribution is -2.24. The van der Waals surface area contributed by atoms with E-state index in [-0.39, 0.29) is 5.91 Å². The fourth-order valence-electron chi connectivity index (χ4n) is 2.40. The van der Waals surface area contributed by atoms with Crippen LogP contribution >= 0.6 is 15.9 Å². The maximum absolute atomic E-state index is 12.1. The lowest BCUT2D eigenvalue weighted by Gasteiger charge is -2.07. The van der Waals surface area contributed by atoms with Crippen molar-refractivity contribution in [3.8, 4) is 0 Å². The van der Waals surface area contributed by atoms with Crippen molar-refractivity contribution in [3.05, 3.63) is 52.5 Å². The van der Waals surface area contributed by atoms with E-state index in [2.05, 4.69) is 43.5 Å². The number of carbonyl (C=O) groups is 1. The van der Waals surface area contributed by atoms with Gasteiger partial charge in [-0.05, 0) is 42.8 Å². The zero-order valence-electron chi connectivity index (χ0n) is 13.4. The molecule has 2 aromatic carbocycles. The number of fused-ring (bicyclic) bond motifs is 1. The number of amides is 1. The topological polar surface area (TPSA) is 69.8 Å². The van der Waals surface area contributed by atoms with Crippen molar-refractivity contribution in [2.75, 3.05) is 11.9 Å². The van der Waals surface area contributed by atoms with Crippen LogP contribution in [0.25, 0.3) is 11.0 Å². The molecule has 6 heteroatoms. The summed E-state index contributed by atoms with van der Waals surface area (Å²) in [7, 11) is 0. The van der Waals surface area contributed by atoms with Crippen LogP contribution in [0, 0.1) is 0 Å². The summed E-state index contributed by atoms with van der Waals surface area (Å²) in [4.78, 5) is 19.9. The van der Waals surface area contributed by atoms with Gasteiger partial charge in [0.05, 0.1) is 11.0 Å². The van der Waals surface area contributed by atoms with Gasteiger partial charge in [0.15, 0.2) is 0 Å². The van der Waals surface area contributed by atoms with Crippen molar-refractivity contribution >= 4 is 44.5 Å². The zero-order valence-corrected chi connectivity index (χ0v) is 15.0. The van der Waals surface area contributed by atoms with E-state index in [1.807, 2.05) is 42.5 Å². The van der Waals surface area contributed by atoms with Crippen LogP contribution in [0.5, 0.6) is 0 Å². The molecule has 0 spiro atoms. The molecule has 1 aromatic heterocycles.